The predicted octanol–water partition coefficient (Wildman–Crippen LogP) is 8.44. The summed E-state index contributed by atoms with van der Waals surface area (Å²) in [4.78, 5) is 50.2. The monoisotopic (exact) mass is 776 g/mol. The van der Waals surface area contributed by atoms with Crippen molar-refractivity contribution in [2.75, 3.05) is 22.8 Å². The molecule has 0 bridgehead atoms. The predicted molar refractivity (Wildman–Crippen MR) is 199 cm³/mol. The van der Waals surface area contributed by atoms with Crippen molar-refractivity contribution in [3.05, 3.63) is 71.0 Å². The molecule has 0 saturated heterocycles. The van der Waals surface area contributed by atoms with Crippen LogP contribution in [0.2, 0.25) is 10.0 Å². The van der Waals surface area contributed by atoms with E-state index in [2.05, 4.69) is 14.7 Å². The Balaban J connectivity index is 1.55. The van der Waals surface area contributed by atoms with E-state index in [0.717, 1.165) is 4.90 Å². The molecule has 3 amide bonds. The van der Waals surface area contributed by atoms with Gasteiger partial charge in [0, 0.05) is 39.1 Å². The number of carbonyl (C=O) groups excluding carboxylic acids is 3. The van der Waals surface area contributed by atoms with Gasteiger partial charge in [-0.05, 0) is 111 Å². The Morgan fingerprint density at radius 3 is 1.98 bits per heavy atom. The van der Waals surface area contributed by atoms with Crippen LogP contribution in [0.1, 0.15) is 62.3 Å². The Kier molecular flexibility index (Phi) is 11.7. The number of rotatable bonds is 8. The number of amides is 3. The van der Waals surface area contributed by atoms with E-state index in [1.54, 1.807) is 103 Å². The number of benzene rings is 2. The van der Waals surface area contributed by atoms with Gasteiger partial charge >= 0.3 is 18.3 Å². The highest BCUT2D eigenvalue weighted by Gasteiger charge is 2.34. The number of hydrogen-bond acceptors (Lipinski definition) is 10. The lowest BCUT2D eigenvalue weighted by atomic mass is 10.1. The van der Waals surface area contributed by atoms with Crippen LogP contribution in [0.25, 0.3) is 16.7 Å². The van der Waals surface area contributed by atoms with Gasteiger partial charge in [-0.1, -0.05) is 23.2 Å². The molecule has 280 valence electrons. The van der Waals surface area contributed by atoms with E-state index >= 15 is 0 Å². The number of halogens is 2. The lowest BCUT2D eigenvalue weighted by molar-refractivity contribution is -0.00214. The van der Waals surface area contributed by atoms with Gasteiger partial charge in [-0.2, -0.15) is 4.98 Å². The van der Waals surface area contributed by atoms with Crippen LogP contribution >= 0.6 is 23.2 Å². The molecule has 0 aliphatic rings. The van der Waals surface area contributed by atoms with Gasteiger partial charge in [0.05, 0.1) is 17.0 Å². The summed E-state index contributed by atoms with van der Waals surface area (Å²) >= 11 is 12.0. The first-order valence-electron chi connectivity index (χ1n) is 16.1. The topological polar surface area (TPSA) is 162 Å². The van der Waals surface area contributed by atoms with Crippen LogP contribution in [0, 0.1) is 0 Å². The number of aromatic nitrogens is 3. The summed E-state index contributed by atoms with van der Waals surface area (Å²) < 4.78 is 46.6. The van der Waals surface area contributed by atoms with Crippen molar-refractivity contribution in [2.45, 2.75) is 84.0 Å². The standard InChI is InChI=1S/C35H42Cl2N6O8S/c1-33(2,3)43(32(46)49-17-16-42(30(44)50-34(4,5)6)31(45)51-35(7,8)9)29-38-14-12-28(39-29)41-15-13-22-18-25(10-11-27(22)41)40-52(47,48)26-20-23(36)19-24(37)21-26/h10-15,18-21,40H,16-17H2,1-9H3. The zero-order chi connectivity index (χ0) is 38.8. The summed E-state index contributed by atoms with van der Waals surface area (Å²) in [6, 6.07) is 12.5. The van der Waals surface area contributed by atoms with Crippen LogP contribution in [0.15, 0.2) is 65.8 Å². The Morgan fingerprint density at radius 2 is 1.42 bits per heavy atom. The van der Waals surface area contributed by atoms with Gasteiger partial charge < -0.3 is 18.8 Å². The van der Waals surface area contributed by atoms with Gasteiger partial charge in [-0.15, -0.1) is 0 Å². The summed E-state index contributed by atoms with van der Waals surface area (Å²) in [6.45, 7) is 14.5. The van der Waals surface area contributed by atoms with Crippen LogP contribution in [-0.4, -0.2) is 76.0 Å². The minimum atomic E-state index is -3.99. The maximum absolute atomic E-state index is 13.6. The number of nitrogens with one attached hydrogen (secondary N) is 1. The number of sulfonamides is 1. The van der Waals surface area contributed by atoms with Crippen LogP contribution < -0.4 is 9.62 Å². The molecular formula is C35H42Cl2N6O8S. The fourth-order valence-electron chi connectivity index (χ4n) is 4.72. The second-order valence-corrected chi connectivity index (χ2v) is 17.2. The largest absolute Gasteiger partial charge is 0.447 e. The normalized spacial score (nSPS) is 12.3. The van der Waals surface area contributed by atoms with Crippen molar-refractivity contribution in [2.24, 2.45) is 0 Å². The van der Waals surface area contributed by atoms with Crippen LogP contribution in [0.5, 0.6) is 0 Å². The fourth-order valence-corrected chi connectivity index (χ4v) is 6.49. The summed E-state index contributed by atoms with van der Waals surface area (Å²) in [5, 5.41) is 1.06. The van der Waals surface area contributed by atoms with Crippen molar-refractivity contribution in [1.82, 2.24) is 19.4 Å². The van der Waals surface area contributed by atoms with E-state index in [0.29, 0.717) is 22.4 Å². The maximum Gasteiger partial charge on any atom is 0.419 e. The molecule has 4 aromatic rings. The average molecular weight is 778 g/mol. The molecule has 1 N–H and O–H groups in total. The number of fused-ring (bicyclic) bond motifs is 1. The van der Waals surface area contributed by atoms with Gasteiger partial charge in [0.1, 0.15) is 23.6 Å². The van der Waals surface area contributed by atoms with E-state index < -0.39 is 45.0 Å². The molecule has 2 aromatic heterocycles. The number of hydrogen-bond donors (Lipinski definition) is 1. The molecule has 0 spiro atoms. The van der Waals surface area contributed by atoms with Crippen LogP contribution in [0.4, 0.5) is 26.0 Å². The highest BCUT2D eigenvalue weighted by molar-refractivity contribution is 7.92. The molecular weight excluding hydrogens is 735 g/mol. The average Bonchev–Trinajstić information content (AvgIpc) is 3.39. The van der Waals surface area contributed by atoms with E-state index in [-0.39, 0.29) is 34.0 Å². The molecule has 2 aromatic carbocycles. The minimum Gasteiger partial charge on any atom is -0.447 e. The van der Waals surface area contributed by atoms with Gasteiger partial charge in [-0.3, -0.25) is 4.72 Å². The third kappa shape index (κ3) is 10.5. The molecule has 0 atom stereocenters. The second kappa shape index (κ2) is 15.2. The minimum absolute atomic E-state index is 0.0255. The first-order chi connectivity index (χ1) is 23.9. The smallest absolute Gasteiger partial charge is 0.419 e. The molecule has 0 radical (unpaired) electrons. The summed E-state index contributed by atoms with van der Waals surface area (Å²) in [7, 11) is -3.99. The Labute approximate surface area is 313 Å². The molecule has 17 heteroatoms. The fraction of sp³-hybridized carbons (Fsp3) is 0.400. The second-order valence-electron chi connectivity index (χ2n) is 14.6. The highest BCUT2D eigenvalue weighted by atomic mass is 35.5. The Hall–Kier alpha value is -4.60. The van der Waals surface area contributed by atoms with Crippen molar-refractivity contribution in [1.29, 1.82) is 0 Å². The number of imide groups is 1. The van der Waals surface area contributed by atoms with Crippen molar-refractivity contribution < 1.29 is 37.0 Å². The van der Waals surface area contributed by atoms with Gasteiger partial charge in [0.25, 0.3) is 10.0 Å². The van der Waals surface area contributed by atoms with E-state index in [1.165, 1.54) is 29.3 Å². The van der Waals surface area contributed by atoms with Crippen molar-refractivity contribution >= 4 is 74.0 Å². The van der Waals surface area contributed by atoms with Gasteiger partial charge in [0.2, 0.25) is 5.95 Å². The summed E-state index contributed by atoms with van der Waals surface area (Å²) in [5.41, 5.74) is -1.66. The van der Waals surface area contributed by atoms with Gasteiger partial charge in [-0.25, -0.2) is 37.6 Å². The van der Waals surface area contributed by atoms with Crippen molar-refractivity contribution in [3.63, 3.8) is 0 Å². The quantitative estimate of drug-likeness (QED) is 0.172. The number of ether oxygens (including phenoxy) is 3. The molecule has 2 heterocycles. The van der Waals surface area contributed by atoms with E-state index in [1.807, 2.05) is 0 Å². The molecule has 0 unspecified atom stereocenters. The molecule has 0 fully saturated rings. The Bertz CT molecular complexity index is 2040. The van der Waals surface area contributed by atoms with Gasteiger partial charge in [0.15, 0.2) is 0 Å². The SMILES string of the molecule is CC(C)(C)OC(=O)N(CCOC(=O)N(c1nccc(-n2ccc3cc(NS(=O)(=O)c4cc(Cl)cc(Cl)c4)ccc32)n1)C(C)(C)C)C(=O)OC(C)(C)C. The molecule has 0 aliphatic carbocycles. The van der Waals surface area contributed by atoms with Crippen LogP contribution in [0.3, 0.4) is 0 Å². The number of anilines is 2. The van der Waals surface area contributed by atoms with Crippen LogP contribution in [-0.2, 0) is 24.2 Å². The zero-order valence-electron chi connectivity index (χ0n) is 30.4. The third-order valence-corrected chi connectivity index (χ3v) is 8.58. The lowest BCUT2D eigenvalue weighted by Gasteiger charge is -2.33. The van der Waals surface area contributed by atoms with Crippen molar-refractivity contribution in [3.8, 4) is 5.82 Å². The molecule has 4 rings (SSSR count). The molecule has 52 heavy (non-hydrogen) atoms. The highest BCUT2D eigenvalue weighted by Crippen LogP contribution is 2.28. The molecule has 14 nitrogen and oxygen atoms in total. The Morgan fingerprint density at radius 1 is 0.827 bits per heavy atom. The zero-order valence-corrected chi connectivity index (χ0v) is 32.7. The first-order valence-corrected chi connectivity index (χ1v) is 18.3. The molecule has 0 aliphatic heterocycles. The maximum atomic E-state index is 13.6. The summed E-state index contributed by atoms with van der Waals surface area (Å²) in [6.07, 6.45) is 0.509. The number of carbonyl (C=O) groups is 3. The number of nitrogens with zero attached hydrogens (tertiary/aromatic N) is 5. The lowest BCUT2D eigenvalue weighted by Crippen LogP contribution is -2.49. The third-order valence-electron chi connectivity index (χ3n) is 6.79. The molecule has 0 saturated carbocycles. The van der Waals surface area contributed by atoms with E-state index in [4.69, 9.17) is 37.4 Å². The first kappa shape index (κ1) is 40.2. The van der Waals surface area contributed by atoms with E-state index in [9.17, 15) is 22.8 Å². The summed E-state index contributed by atoms with van der Waals surface area (Å²) in [5.74, 6) is 0.433.